The van der Waals surface area contributed by atoms with E-state index in [0.717, 1.165) is 19.3 Å². The lowest BCUT2D eigenvalue weighted by atomic mass is 9.68. The van der Waals surface area contributed by atoms with Crippen LogP contribution in [-0.2, 0) is 28.6 Å². The van der Waals surface area contributed by atoms with Crippen molar-refractivity contribution >= 4 is 17.9 Å². The van der Waals surface area contributed by atoms with Crippen LogP contribution in [0.3, 0.4) is 0 Å². The second kappa shape index (κ2) is 11.1. The molecule has 0 aromatic heterocycles. The molecule has 6 nitrogen and oxygen atoms in total. The first-order valence-corrected chi connectivity index (χ1v) is 11.8. The van der Waals surface area contributed by atoms with E-state index in [9.17, 15) is 14.4 Å². The summed E-state index contributed by atoms with van der Waals surface area (Å²) in [5.74, 6) is 0.0118. The molecule has 0 amide bonds. The molecule has 0 aromatic rings. The number of fused-ring (bicyclic) bond motifs is 2. The van der Waals surface area contributed by atoms with Crippen LogP contribution in [0.1, 0.15) is 92.9 Å². The Hall–Kier alpha value is -1.85. The Morgan fingerprint density at radius 3 is 2.23 bits per heavy atom. The van der Waals surface area contributed by atoms with Crippen LogP contribution >= 0.6 is 0 Å². The Labute approximate surface area is 187 Å². The maximum atomic E-state index is 13.0. The summed E-state index contributed by atoms with van der Waals surface area (Å²) in [6.07, 6.45) is 4.60. The first-order valence-electron chi connectivity index (χ1n) is 11.8. The Morgan fingerprint density at radius 2 is 1.61 bits per heavy atom. The van der Waals surface area contributed by atoms with Crippen LogP contribution in [-0.4, -0.2) is 30.1 Å². The smallest absolute Gasteiger partial charge is 0.337 e. The third-order valence-corrected chi connectivity index (χ3v) is 5.86. The second-order valence-electron chi connectivity index (χ2n) is 10.5. The van der Waals surface area contributed by atoms with Gasteiger partial charge in [-0.1, -0.05) is 41.5 Å². The maximum Gasteiger partial charge on any atom is 0.337 e. The second-order valence-corrected chi connectivity index (χ2v) is 10.5. The summed E-state index contributed by atoms with van der Waals surface area (Å²) in [6.45, 7) is 12.3. The number of hydrogen-bond donors (Lipinski definition) is 0. The molecule has 0 saturated heterocycles. The molecule has 2 aliphatic rings. The van der Waals surface area contributed by atoms with Crippen LogP contribution in [0.2, 0.25) is 0 Å². The summed E-state index contributed by atoms with van der Waals surface area (Å²) in [7, 11) is 0. The largest absolute Gasteiger partial charge is 0.462 e. The van der Waals surface area contributed by atoms with Crippen LogP contribution in [0.25, 0.3) is 0 Å². The van der Waals surface area contributed by atoms with Gasteiger partial charge in [-0.25, -0.2) is 4.79 Å². The first kappa shape index (κ1) is 25.4. The van der Waals surface area contributed by atoms with Gasteiger partial charge in [-0.05, 0) is 55.8 Å². The zero-order chi connectivity index (χ0) is 23.2. The highest BCUT2D eigenvalue weighted by Gasteiger charge is 2.49. The van der Waals surface area contributed by atoms with Crippen molar-refractivity contribution in [3.63, 3.8) is 0 Å². The Morgan fingerprint density at radius 1 is 0.968 bits per heavy atom. The number of esters is 3. The summed E-state index contributed by atoms with van der Waals surface area (Å²) >= 11 is 0. The van der Waals surface area contributed by atoms with Gasteiger partial charge in [-0.2, -0.15) is 0 Å². The Kier molecular flexibility index (Phi) is 9.14. The van der Waals surface area contributed by atoms with Crippen molar-refractivity contribution in [1.82, 2.24) is 0 Å². The fraction of sp³-hybridized carbons (Fsp3) is 0.800. The summed E-state index contributed by atoms with van der Waals surface area (Å²) in [6, 6.07) is 0. The van der Waals surface area contributed by atoms with Gasteiger partial charge in [0, 0.05) is 19.3 Å². The van der Waals surface area contributed by atoms with E-state index in [-0.39, 0.29) is 42.5 Å². The quantitative estimate of drug-likeness (QED) is 0.340. The van der Waals surface area contributed by atoms with Crippen LogP contribution in [0.5, 0.6) is 0 Å². The van der Waals surface area contributed by atoms with Crippen molar-refractivity contribution in [2.45, 2.75) is 98.5 Å². The molecule has 0 heterocycles. The number of rotatable bonds is 10. The predicted molar refractivity (Wildman–Crippen MR) is 118 cm³/mol. The third-order valence-electron chi connectivity index (χ3n) is 5.86. The molecule has 31 heavy (non-hydrogen) atoms. The molecule has 6 heteroatoms. The molecule has 2 rings (SSSR count). The van der Waals surface area contributed by atoms with Gasteiger partial charge in [0.2, 0.25) is 0 Å². The predicted octanol–water partition coefficient (Wildman–Crippen LogP) is 5.34. The summed E-state index contributed by atoms with van der Waals surface area (Å²) < 4.78 is 17.3. The van der Waals surface area contributed by atoms with Gasteiger partial charge in [-0.15, -0.1) is 0 Å². The fourth-order valence-corrected chi connectivity index (χ4v) is 4.44. The highest BCUT2D eigenvalue weighted by Crippen LogP contribution is 2.48. The summed E-state index contributed by atoms with van der Waals surface area (Å²) in [5, 5.41) is 0. The summed E-state index contributed by atoms with van der Waals surface area (Å²) in [5.41, 5.74) is -0.236. The number of carbonyl (C=O) groups excluding carboxylic acids is 3. The first-order chi connectivity index (χ1) is 14.5. The number of carbonyl (C=O) groups is 3. The van der Waals surface area contributed by atoms with E-state index in [2.05, 4.69) is 13.8 Å². The lowest BCUT2D eigenvalue weighted by Gasteiger charge is -2.45. The van der Waals surface area contributed by atoms with Gasteiger partial charge < -0.3 is 14.2 Å². The molecule has 1 fully saturated rings. The van der Waals surface area contributed by atoms with Crippen LogP contribution < -0.4 is 0 Å². The van der Waals surface area contributed by atoms with Crippen molar-refractivity contribution in [2.75, 3.05) is 6.61 Å². The summed E-state index contributed by atoms with van der Waals surface area (Å²) in [4.78, 5) is 37.9. The minimum Gasteiger partial charge on any atom is -0.462 e. The molecule has 0 spiro atoms. The van der Waals surface area contributed by atoms with Crippen LogP contribution in [0, 0.1) is 23.7 Å². The van der Waals surface area contributed by atoms with Crippen molar-refractivity contribution in [1.29, 1.82) is 0 Å². The number of hydrogen-bond acceptors (Lipinski definition) is 6. The molecule has 2 atom stereocenters. The zero-order valence-electron chi connectivity index (χ0n) is 20.1. The normalized spacial score (nSPS) is 23.3. The van der Waals surface area contributed by atoms with E-state index in [1.165, 1.54) is 0 Å². The van der Waals surface area contributed by atoms with Gasteiger partial charge in [0.1, 0.15) is 11.4 Å². The van der Waals surface area contributed by atoms with Crippen LogP contribution in [0.15, 0.2) is 11.3 Å². The topological polar surface area (TPSA) is 78.9 Å². The molecular formula is C25H40O6. The standard InChI is InChI=1S/C25H40O6/c1-16(2)9-11-29-24(28)23-19-8-7-10-25(14-19,31-22(27)13-18(5)6)15-20(23)30-21(26)12-17(3)4/h16-19H,7-15H2,1-6H3. The van der Waals surface area contributed by atoms with E-state index in [1.54, 1.807) is 0 Å². The van der Waals surface area contributed by atoms with E-state index in [1.807, 2.05) is 27.7 Å². The molecule has 2 unspecified atom stereocenters. The molecule has 1 saturated carbocycles. The Balaban J connectivity index is 2.28. The molecule has 0 radical (unpaired) electrons. The Bertz CT molecular complexity index is 690. The van der Waals surface area contributed by atoms with Crippen LogP contribution in [0.4, 0.5) is 0 Å². The molecule has 0 aromatic carbocycles. The monoisotopic (exact) mass is 436 g/mol. The van der Waals surface area contributed by atoms with E-state index in [0.29, 0.717) is 43.1 Å². The molecule has 176 valence electrons. The minimum atomic E-state index is -0.704. The lowest BCUT2D eigenvalue weighted by molar-refractivity contribution is -0.169. The van der Waals surface area contributed by atoms with E-state index < -0.39 is 11.6 Å². The van der Waals surface area contributed by atoms with Crippen molar-refractivity contribution in [3.8, 4) is 0 Å². The molecule has 0 aliphatic heterocycles. The molecule has 0 N–H and O–H groups in total. The average molecular weight is 437 g/mol. The fourth-order valence-electron chi connectivity index (χ4n) is 4.44. The van der Waals surface area contributed by atoms with E-state index in [4.69, 9.17) is 14.2 Å². The molecule has 2 bridgehead atoms. The maximum absolute atomic E-state index is 13.0. The van der Waals surface area contributed by atoms with E-state index >= 15 is 0 Å². The van der Waals surface area contributed by atoms with Gasteiger partial charge >= 0.3 is 17.9 Å². The highest BCUT2D eigenvalue weighted by atomic mass is 16.6. The van der Waals surface area contributed by atoms with Gasteiger partial charge in [0.25, 0.3) is 0 Å². The van der Waals surface area contributed by atoms with Gasteiger partial charge in [0.15, 0.2) is 0 Å². The van der Waals surface area contributed by atoms with Gasteiger partial charge in [0.05, 0.1) is 12.2 Å². The number of ether oxygens (including phenoxy) is 3. The van der Waals surface area contributed by atoms with Crippen molar-refractivity contribution in [2.24, 2.45) is 23.7 Å². The lowest BCUT2D eigenvalue weighted by Crippen LogP contribution is -2.46. The molecule has 2 aliphatic carbocycles. The zero-order valence-corrected chi connectivity index (χ0v) is 20.1. The average Bonchev–Trinajstić information content (AvgIpc) is 2.59. The molecular weight excluding hydrogens is 396 g/mol. The highest BCUT2D eigenvalue weighted by molar-refractivity contribution is 5.90. The van der Waals surface area contributed by atoms with Gasteiger partial charge in [-0.3, -0.25) is 9.59 Å². The van der Waals surface area contributed by atoms with Crippen molar-refractivity contribution in [3.05, 3.63) is 11.3 Å². The van der Waals surface area contributed by atoms with Crippen molar-refractivity contribution < 1.29 is 28.6 Å². The third kappa shape index (κ3) is 7.65. The minimum absolute atomic E-state index is 0.122. The SMILES string of the molecule is CC(C)CCOC(=O)C1=C(OC(=O)CC(C)C)CC2(OC(=O)CC(C)C)CCCC1C2.